The molecule has 0 fully saturated rings. The molecule has 0 aliphatic carbocycles. The molecule has 1 aliphatic heterocycles. The molecule has 1 amide bonds. The van der Waals surface area contributed by atoms with Crippen molar-refractivity contribution >= 4 is 40.6 Å². The minimum absolute atomic E-state index is 0.299. The zero-order valence-corrected chi connectivity index (χ0v) is 16.2. The Morgan fingerprint density at radius 3 is 2.80 bits per heavy atom. The van der Waals surface area contributed by atoms with Crippen molar-refractivity contribution in [3.8, 4) is 0 Å². The summed E-state index contributed by atoms with van der Waals surface area (Å²) >= 11 is 3.59. The van der Waals surface area contributed by atoms with E-state index in [0.29, 0.717) is 6.54 Å². The lowest BCUT2D eigenvalue weighted by Gasteiger charge is -2.16. The molecule has 5 heteroatoms. The molecule has 25 heavy (non-hydrogen) atoms. The summed E-state index contributed by atoms with van der Waals surface area (Å²) in [6.07, 6.45) is 1.96. The third-order valence-electron chi connectivity index (χ3n) is 4.00. The molecule has 130 valence electrons. The molecule has 0 saturated carbocycles. The summed E-state index contributed by atoms with van der Waals surface area (Å²) in [5, 5.41) is 0. The van der Waals surface area contributed by atoms with Crippen molar-refractivity contribution in [3.63, 3.8) is 0 Å². The smallest absolute Gasteiger partial charge is 0.409 e. The number of ether oxygens (including phenoxy) is 1. The van der Waals surface area contributed by atoms with Gasteiger partial charge in [-0.3, -0.25) is 0 Å². The molecule has 2 aromatic rings. The first-order chi connectivity index (χ1) is 12.1. The molecule has 2 aromatic carbocycles. The van der Waals surface area contributed by atoms with Crippen LogP contribution >= 0.6 is 23.5 Å². The van der Waals surface area contributed by atoms with Gasteiger partial charge >= 0.3 is 6.09 Å². The number of benzene rings is 2. The number of hydrogen-bond acceptors (Lipinski definition) is 4. The Kier molecular flexibility index (Phi) is 5.76. The Morgan fingerprint density at radius 2 is 2.00 bits per heavy atom. The minimum atomic E-state index is -0.299. The SMILES string of the molecule is COC(=O)N(C)CCSC1=Cc2ccccc2Sc2ccc(C)cc21. The maximum Gasteiger partial charge on any atom is 0.409 e. The highest BCUT2D eigenvalue weighted by molar-refractivity contribution is 8.08. The normalized spacial score (nSPS) is 12.5. The molecule has 3 rings (SSSR count). The third-order valence-corrected chi connectivity index (χ3v) is 6.20. The quantitative estimate of drug-likeness (QED) is 0.721. The lowest BCUT2D eigenvalue weighted by molar-refractivity contribution is 0.135. The molecule has 0 N–H and O–H groups in total. The van der Waals surface area contributed by atoms with Crippen molar-refractivity contribution < 1.29 is 9.53 Å². The number of carbonyl (C=O) groups is 1. The van der Waals surface area contributed by atoms with Gasteiger partial charge in [0.1, 0.15) is 0 Å². The van der Waals surface area contributed by atoms with Gasteiger partial charge in [0.15, 0.2) is 0 Å². The average Bonchev–Trinajstić information content (AvgIpc) is 2.77. The van der Waals surface area contributed by atoms with Crippen LogP contribution in [0.1, 0.15) is 16.7 Å². The van der Waals surface area contributed by atoms with Gasteiger partial charge in [-0.1, -0.05) is 41.6 Å². The summed E-state index contributed by atoms with van der Waals surface area (Å²) in [6.45, 7) is 2.76. The standard InChI is InChI=1S/C20H21NO2S2/c1-14-8-9-18-16(12-14)19(24-11-10-21(2)20(22)23-3)13-15-6-4-5-7-17(15)25-18/h4-9,12-13H,10-11H2,1-3H3. The summed E-state index contributed by atoms with van der Waals surface area (Å²) in [5.41, 5.74) is 3.76. The molecule has 0 atom stereocenters. The maximum absolute atomic E-state index is 11.5. The van der Waals surface area contributed by atoms with E-state index in [-0.39, 0.29) is 6.09 Å². The second kappa shape index (κ2) is 8.02. The van der Waals surface area contributed by atoms with Crippen LogP contribution in [-0.4, -0.2) is 37.4 Å². The number of aryl methyl sites for hydroxylation is 1. The van der Waals surface area contributed by atoms with E-state index >= 15 is 0 Å². The second-order valence-corrected chi connectivity index (χ2v) is 8.11. The van der Waals surface area contributed by atoms with Gasteiger partial charge in [0, 0.05) is 39.6 Å². The van der Waals surface area contributed by atoms with E-state index in [1.807, 2.05) is 11.8 Å². The topological polar surface area (TPSA) is 29.5 Å². The van der Waals surface area contributed by atoms with Gasteiger partial charge in [-0.2, -0.15) is 0 Å². The number of fused-ring (bicyclic) bond motifs is 2. The maximum atomic E-state index is 11.5. The molecule has 1 heterocycles. The summed E-state index contributed by atoms with van der Waals surface area (Å²) in [6, 6.07) is 15.1. The Balaban J connectivity index is 1.87. The fourth-order valence-electron chi connectivity index (χ4n) is 2.61. The molecule has 3 nitrogen and oxygen atoms in total. The minimum Gasteiger partial charge on any atom is -0.453 e. The Bertz CT molecular complexity index is 817. The summed E-state index contributed by atoms with van der Waals surface area (Å²) in [5.74, 6) is 0.817. The van der Waals surface area contributed by atoms with E-state index in [1.54, 1.807) is 23.7 Å². The van der Waals surface area contributed by atoms with Crippen LogP contribution in [0.3, 0.4) is 0 Å². The first-order valence-electron chi connectivity index (χ1n) is 8.10. The lowest BCUT2D eigenvalue weighted by atomic mass is 10.1. The molecule has 0 bridgehead atoms. The first-order valence-corrected chi connectivity index (χ1v) is 9.90. The van der Waals surface area contributed by atoms with E-state index in [9.17, 15) is 4.79 Å². The molecular formula is C20H21NO2S2. The van der Waals surface area contributed by atoms with E-state index in [2.05, 4.69) is 55.5 Å². The van der Waals surface area contributed by atoms with E-state index < -0.39 is 0 Å². The number of rotatable bonds is 4. The van der Waals surface area contributed by atoms with E-state index in [0.717, 1.165) is 5.75 Å². The van der Waals surface area contributed by atoms with Gasteiger partial charge < -0.3 is 9.64 Å². The monoisotopic (exact) mass is 371 g/mol. The van der Waals surface area contributed by atoms with Crippen LogP contribution in [0.4, 0.5) is 4.79 Å². The Morgan fingerprint density at radius 1 is 1.20 bits per heavy atom. The van der Waals surface area contributed by atoms with Crippen LogP contribution in [0.5, 0.6) is 0 Å². The molecule has 0 aromatic heterocycles. The number of thioether (sulfide) groups is 1. The predicted octanol–water partition coefficient (Wildman–Crippen LogP) is 5.39. The second-order valence-electron chi connectivity index (χ2n) is 5.89. The molecular weight excluding hydrogens is 350 g/mol. The highest BCUT2D eigenvalue weighted by atomic mass is 32.2. The number of carbonyl (C=O) groups excluding carboxylic acids is 1. The van der Waals surface area contributed by atoms with Crippen molar-refractivity contribution in [1.29, 1.82) is 0 Å². The highest BCUT2D eigenvalue weighted by Crippen LogP contribution is 2.44. The van der Waals surface area contributed by atoms with E-state index in [1.165, 1.54) is 38.5 Å². The van der Waals surface area contributed by atoms with Crippen molar-refractivity contribution in [2.45, 2.75) is 16.7 Å². The van der Waals surface area contributed by atoms with Crippen LogP contribution in [-0.2, 0) is 4.74 Å². The fraction of sp³-hybridized carbons (Fsp3) is 0.250. The first kappa shape index (κ1) is 18.0. The van der Waals surface area contributed by atoms with Crippen molar-refractivity contribution in [2.75, 3.05) is 26.5 Å². The molecule has 1 aliphatic rings. The largest absolute Gasteiger partial charge is 0.453 e. The van der Waals surface area contributed by atoms with E-state index in [4.69, 9.17) is 4.74 Å². The van der Waals surface area contributed by atoms with Crippen LogP contribution < -0.4 is 0 Å². The van der Waals surface area contributed by atoms with Crippen LogP contribution in [0.15, 0.2) is 52.3 Å². The van der Waals surface area contributed by atoms with Crippen molar-refractivity contribution in [3.05, 3.63) is 59.2 Å². The summed E-state index contributed by atoms with van der Waals surface area (Å²) in [7, 11) is 3.17. The van der Waals surface area contributed by atoms with Gasteiger partial charge in [-0.25, -0.2) is 4.79 Å². The van der Waals surface area contributed by atoms with Crippen molar-refractivity contribution in [2.24, 2.45) is 0 Å². The zero-order valence-electron chi connectivity index (χ0n) is 14.6. The molecule has 0 spiro atoms. The summed E-state index contributed by atoms with van der Waals surface area (Å²) < 4.78 is 4.75. The zero-order chi connectivity index (χ0) is 17.8. The van der Waals surface area contributed by atoms with Gasteiger partial charge in [0.25, 0.3) is 0 Å². The summed E-state index contributed by atoms with van der Waals surface area (Å²) in [4.78, 5) is 16.9. The van der Waals surface area contributed by atoms with Crippen molar-refractivity contribution in [1.82, 2.24) is 4.90 Å². The third kappa shape index (κ3) is 4.22. The van der Waals surface area contributed by atoms with Crippen LogP contribution in [0, 0.1) is 6.92 Å². The molecule has 0 radical (unpaired) electrons. The molecule has 0 unspecified atom stereocenters. The number of methoxy groups -OCH3 is 1. The van der Waals surface area contributed by atoms with Gasteiger partial charge in [-0.15, -0.1) is 11.8 Å². The number of amides is 1. The lowest BCUT2D eigenvalue weighted by Crippen LogP contribution is -2.28. The fourth-order valence-corrected chi connectivity index (χ4v) is 4.84. The van der Waals surface area contributed by atoms with Crippen LogP contribution in [0.2, 0.25) is 0 Å². The number of hydrogen-bond donors (Lipinski definition) is 0. The van der Waals surface area contributed by atoms with Gasteiger partial charge in [-0.05, 0) is 36.8 Å². The average molecular weight is 372 g/mol. The predicted molar refractivity (Wildman–Crippen MR) is 107 cm³/mol. The number of nitrogens with zero attached hydrogens (tertiary/aromatic N) is 1. The highest BCUT2D eigenvalue weighted by Gasteiger charge is 2.17. The van der Waals surface area contributed by atoms with Gasteiger partial charge in [0.2, 0.25) is 0 Å². The Hall–Kier alpha value is -1.85. The van der Waals surface area contributed by atoms with Gasteiger partial charge in [0.05, 0.1) is 7.11 Å². The molecule has 0 saturated heterocycles. The Labute approximate surface area is 157 Å². The van der Waals surface area contributed by atoms with Crippen LogP contribution in [0.25, 0.3) is 11.0 Å².